The van der Waals surface area contributed by atoms with Gasteiger partial charge in [0.15, 0.2) is 0 Å². The van der Waals surface area contributed by atoms with E-state index < -0.39 is 0 Å². The Bertz CT molecular complexity index is 1100. The highest BCUT2D eigenvalue weighted by atomic mass is 16.2. The first-order valence-corrected chi connectivity index (χ1v) is 9.99. The van der Waals surface area contributed by atoms with Crippen molar-refractivity contribution in [3.8, 4) is 0 Å². The molecule has 0 aliphatic carbocycles. The molecule has 1 aliphatic heterocycles. The van der Waals surface area contributed by atoms with Crippen LogP contribution in [0.2, 0.25) is 0 Å². The molecular formula is C25H23N3O2. The molecule has 0 saturated heterocycles. The predicted octanol–water partition coefficient (Wildman–Crippen LogP) is 4.34. The average Bonchev–Trinajstić information content (AvgIpc) is 3.00. The van der Waals surface area contributed by atoms with Gasteiger partial charge in [0, 0.05) is 18.1 Å². The molecule has 5 heteroatoms. The summed E-state index contributed by atoms with van der Waals surface area (Å²) in [5, 5.41) is 3.20. The fourth-order valence-electron chi connectivity index (χ4n) is 3.47. The molecule has 150 valence electrons. The average molecular weight is 397 g/mol. The zero-order valence-electron chi connectivity index (χ0n) is 17.1. The van der Waals surface area contributed by atoms with Crippen molar-refractivity contribution in [1.29, 1.82) is 0 Å². The third kappa shape index (κ3) is 3.87. The first kappa shape index (κ1) is 19.6. The standard InChI is InChI=1S/C25H23N3O2/c1-3-18-8-12-21(13-9-18)27-23-22(20-10-6-17(2)7-11-20)24(29)28(25(23)30)16-19-5-4-14-26-15-19/h4-15,27H,3,16H2,1-2H3. The van der Waals surface area contributed by atoms with E-state index in [1.807, 2.05) is 61.5 Å². The normalized spacial score (nSPS) is 13.9. The van der Waals surface area contributed by atoms with Crippen LogP contribution in [0.1, 0.15) is 29.2 Å². The maximum absolute atomic E-state index is 13.3. The molecule has 2 aromatic carbocycles. The van der Waals surface area contributed by atoms with Crippen LogP contribution in [0.4, 0.5) is 5.69 Å². The zero-order valence-corrected chi connectivity index (χ0v) is 17.1. The van der Waals surface area contributed by atoms with Crippen LogP contribution in [0.5, 0.6) is 0 Å². The zero-order chi connectivity index (χ0) is 21.1. The third-order valence-electron chi connectivity index (χ3n) is 5.20. The first-order chi connectivity index (χ1) is 14.6. The number of aryl methyl sites for hydroxylation is 2. The molecule has 1 aliphatic rings. The summed E-state index contributed by atoms with van der Waals surface area (Å²) in [6.07, 6.45) is 4.27. The van der Waals surface area contributed by atoms with Crippen molar-refractivity contribution in [2.24, 2.45) is 0 Å². The van der Waals surface area contributed by atoms with Gasteiger partial charge in [0.2, 0.25) is 0 Å². The minimum absolute atomic E-state index is 0.181. The van der Waals surface area contributed by atoms with Gasteiger partial charge >= 0.3 is 0 Å². The van der Waals surface area contributed by atoms with E-state index in [-0.39, 0.29) is 18.4 Å². The predicted molar refractivity (Wildman–Crippen MR) is 117 cm³/mol. The molecule has 0 atom stereocenters. The molecule has 0 spiro atoms. The minimum atomic E-state index is -0.334. The Hall–Kier alpha value is -3.73. The molecule has 2 heterocycles. The van der Waals surface area contributed by atoms with E-state index in [9.17, 15) is 9.59 Å². The number of hydrogen-bond donors (Lipinski definition) is 1. The van der Waals surface area contributed by atoms with Crippen molar-refractivity contribution in [2.45, 2.75) is 26.8 Å². The molecule has 0 bridgehead atoms. The molecule has 0 fully saturated rings. The van der Waals surface area contributed by atoms with Gasteiger partial charge in [0.25, 0.3) is 11.8 Å². The molecule has 4 rings (SSSR count). The van der Waals surface area contributed by atoms with Crippen LogP contribution in [-0.2, 0) is 22.6 Å². The molecule has 0 radical (unpaired) electrons. The Kier molecular flexibility index (Phi) is 5.44. The summed E-state index contributed by atoms with van der Waals surface area (Å²) in [6.45, 7) is 4.26. The van der Waals surface area contributed by atoms with Gasteiger partial charge in [-0.2, -0.15) is 0 Å². The van der Waals surface area contributed by atoms with Crippen LogP contribution in [0, 0.1) is 6.92 Å². The molecule has 0 saturated carbocycles. The maximum Gasteiger partial charge on any atom is 0.278 e. The second-order valence-electron chi connectivity index (χ2n) is 7.35. The van der Waals surface area contributed by atoms with Gasteiger partial charge in [-0.15, -0.1) is 0 Å². The number of pyridine rings is 1. The monoisotopic (exact) mass is 397 g/mol. The second-order valence-corrected chi connectivity index (χ2v) is 7.35. The largest absolute Gasteiger partial charge is 0.350 e. The Morgan fingerprint density at radius 1 is 0.900 bits per heavy atom. The number of nitrogens with one attached hydrogen (secondary N) is 1. The van der Waals surface area contributed by atoms with E-state index in [1.54, 1.807) is 18.5 Å². The van der Waals surface area contributed by atoms with Gasteiger partial charge in [0.05, 0.1) is 12.1 Å². The fraction of sp³-hybridized carbons (Fsp3) is 0.160. The molecule has 2 amide bonds. The van der Waals surface area contributed by atoms with Gasteiger partial charge in [-0.1, -0.05) is 55.0 Å². The van der Waals surface area contributed by atoms with Crippen LogP contribution >= 0.6 is 0 Å². The number of imide groups is 1. The molecule has 30 heavy (non-hydrogen) atoms. The molecule has 1 N–H and O–H groups in total. The summed E-state index contributed by atoms with van der Waals surface area (Å²) in [5.74, 6) is -0.639. The summed E-state index contributed by atoms with van der Waals surface area (Å²) in [7, 11) is 0. The number of benzene rings is 2. The summed E-state index contributed by atoms with van der Waals surface area (Å²) in [5.41, 5.74) is 5.29. The van der Waals surface area contributed by atoms with Crippen molar-refractivity contribution in [3.05, 3.63) is 101 Å². The third-order valence-corrected chi connectivity index (χ3v) is 5.20. The minimum Gasteiger partial charge on any atom is -0.350 e. The van der Waals surface area contributed by atoms with Crippen LogP contribution in [0.3, 0.4) is 0 Å². The van der Waals surface area contributed by atoms with E-state index in [4.69, 9.17) is 0 Å². The Balaban J connectivity index is 1.72. The molecule has 1 aromatic heterocycles. The number of amides is 2. The molecule has 3 aromatic rings. The highest BCUT2D eigenvalue weighted by Crippen LogP contribution is 2.31. The highest BCUT2D eigenvalue weighted by Gasteiger charge is 2.39. The Morgan fingerprint density at radius 3 is 2.27 bits per heavy atom. The summed E-state index contributed by atoms with van der Waals surface area (Å²) >= 11 is 0. The Labute approximate surface area is 176 Å². The van der Waals surface area contributed by atoms with Crippen molar-refractivity contribution >= 4 is 23.1 Å². The van der Waals surface area contributed by atoms with Crippen molar-refractivity contribution in [3.63, 3.8) is 0 Å². The van der Waals surface area contributed by atoms with Crippen LogP contribution in [0.15, 0.2) is 78.8 Å². The molecule has 5 nitrogen and oxygen atoms in total. The SMILES string of the molecule is CCc1ccc(NC2=C(c3ccc(C)cc3)C(=O)N(Cc3cccnc3)C2=O)cc1. The van der Waals surface area contributed by atoms with Crippen LogP contribution in [-0.4, -0.2) is 21.7 Å². The number of carbonyl (C=O) groups is 2. The number of rotatable bonds is 6. The van der Waals surface area contributed by atoms with Gasteiger partial charge in [-0.05, 0) is 48.2 Å². The van der Waals surface area contributed by atoms with Crippen LogP contribution in [0.25, 0.3) is 5.57 Å². The van der Waals surface area contributed by atoms with Gasteiger partial charge in [-0.3, -0.25) is 19.5 Å². The van der Waals surface area contributed by atoms with Gasteiger partial charge in [-0.25, -0.2) is 0 Å². The van der Waals surface area contributed by atoms with Crippen molar-refractivity contribution in [1.82, 2.24) is 9.88 Å². The van der Waals surface area contributed by atoms with E-state index >= 15 is 0 Å². The lowest BCUT2D eigenvalue weighted by Gasteiger charge is -2.15. The van der Waals surface area contributed by atoms with E-state index in [0.29, 0.717) is 11.3 Å². The van der Waals surface area contributed by atoms with E-state index in [1.165, 1.54) is 10.5 Å². The lowest BCUT2D eigenvalue weighted by molar-refractivity contribution is -0.137. The summed E-state index contributed by atoms with van der Waals surface area (Å²) < 4.78 is 0. The van der Waals surface area contributed by atoms with E-state index in [2.05, 4.69) is 17.2 Å². The lowest BCUT2D eigenvalue weighted by atomic mass is 10.0. The number of carbonyl (C=O) groups excluding carboxylic acids is 2. The maximum atomic E-state index is 13.3. The number of nitrogens with zero attached hydrogens (tertiary/aromatic N) is 2. The van der Waals surface area contributed by atoms with Crippen molar-refractivity contribution in [2.75, 3.05) is 5.32 Å². The molecule has 0 unspecified atom stereocenters. The molecular weight excluding hydrogens is 374 g/mol. The Morgan fingerprint density at radius 2 is 1.63 bits per heavy atom. The number of aromatic nitrogens is 1. The highest BCUT2D eigenvalue weighted by molar-refractivity contribution is 6.36. The topological polar surface area (TPSA) is 62.3 Å². The quantitative estimate of drug-likeness (QED) is 0.629. The number of hydrogen-bond acceptors (Lipinski definition) is 4. The number of anilines is 1. The van der Waals surface area contributed by atoms with Crippen LogP contribution < -0.4 is 5.32 Å². The lowest BCUT2D eigenvalue weighted by Crippen LogP contribution is -2.32. The first-order valence-electron chi connectivity index (χ1n) is 9.99. The van der Waals surface area contributed by atoms with Crippen molar-refractivity contribution < 1.29 is 9.59 Å². The summed E-state index contributed by atoms with van der Waals surface area (Å²) in [4.78, 5) is 31.9. The van der Waals surface area contributed by atoms with E-state index in [0.717, 1.165) is 28.8 Å². The summed E-state index contributed by atoms with van der Waals surface area (Å²) in [6, 6.07) is 19.2. The van der Waals surface area contributed by atoms with Gasteiger partial charge < -0.3 is 5.32 Å². The smallest absolute Gasteiger partial charge is 0.278 e. The van der Waals surface area contributed by atoms with Gasteiger partial charge in [0.1, 0.15) is 5.70 Å². The second kappa shape index (κ2) is 8.33. The fourth-order valence-corrected chi connectivity index (χ4v) is 3.47.